The summed E-state index contributed by atoms with van der Waals surface area (Å²) in [5.74, 6) is 2.02. The number of hydrogen-bond donors (Lipinski definition) is 1. The zero-order valence-electron chi connectivity index (χ0n) is 16.1. The molecule has 0 aliphatic carbocycles. The fraction of sp³-hybridized carbons (Fsp3) is 0.700. The second-order valence-corrected chi connectivity index (χ2v) is 7.82. The average molecular weight is 361 g/mol. The Morgan fingerprint density at radius 1 is 1.38 bits per heavy atom. The Labute approximate surface area is 156 Å². The number of hydrogen-bond acceptors (Lipinski definition) is 5. The Bertz CT molecular complexity index is 589. The first-order valence-electron chi connectivity index (χ1n) is 9.91. The smallest absolute Gasteiger partial charge is 0.251 e. The number of pyridine rings is 1. The summed E-state index contributed by atoms with van der Waals surface area (Å²) in [4.78, 5) is 21.7. The van der Waals surface area contributed by atoms with Crippen LogP contribution < -0.4 is 10.2 Å². The first-order valence-corrected chi connectivity index (χ1v) is 9.91. The van der Waals surface area contributed by atoms with Gasteiger partial charge in [-0.15, -0.1) is 0 Å². The van der Waals surface area contributed by atoms with Crippen molar-refractivity contribution in [3.05, 3.63) is 23.9 Å². The highest BCUT2D eigenvalue weighted by Crippen LogP contribution is 2.21. The number of piperidine rings is 1. The Morgan fingerprint density at radius 2 is 2.19 bits per heavy atom. The molecule has 3 heterocycles. The van der Waals surface area contributed by atoms with E-state index in [0.717, 1.165) is 51.8 Å². The first kappa shape index (κ1) is 19.1. The lowest BCUT2D eigenvalue weighted by Gasteiger charge is -2.32. The van der Waals surface area contributed by atoms with Gasteiger partial charge in [0.05, 0.1) is 13.2 Å². The Morgan fingerprint density at radius 3 is 2.96 bits per heavy atom. The van der Waals surface area contributed by atoms with E-state index in [9.17, 15) is 4.79 Å². The number of nitrogens with one attached hydrogen (secondary N) is 1. The predicted molar refractivity (Wildman–Crippen MR) is 104 cm³/mol. The van der Waals surface area contributed by atoms with Crippen LogP contribution in [0.5, 0.6) is 0 Å². The molecule has 1 amide bonds. The van der Waals surface area contributed by atoms with Crippen molar-refractivity contribution in [1.82, 2.24) is 15.2 Å². The van der Waals surface area contributed by atoms with Gasteiger partial charge in [-0.1, -0.05) is 13.8 Å². The van der Waals surface area contributed by atoms with E-state index in [1.165, 1.54) is 12.8 Å². The molecule has 6 heteroatoms. The van der Waals surface area contributed by atoms with Crippen molar-refractivity contribution < 1.29 is 9.53 Å². The summed E-state index contributed by atoms with van der Waals surface area (Å²) >= 11 is 0. The molecule has 2 atom stereocenters. The van der Waals surface area contributed by atoms with Gasteiger partial charge >= 0.3 is 0 Å². The van der Waals surface area contributed by atoms with Crippen LogP contribution in [-0.4, -0.2) is 68.3 Å². The van der Waals surface area contributed by atoms with Gasteiger partial charge in [0.15, 0.2) is 0 Å². The summed E-state index contributed by atoms with van der Waals surface area (Å²) in [7, 11) is 0. The van der Waals surface area contributed by atoms with Gasteiger partial charge in [-0.2, -0.15) is 0 Å². The lowest BCUT2D eigenvalue weighted by molar-refractivity contribution is 0.0317. The van der Waals surface area contributed by atoms with Gasteiger partial charge in [-0.05, 0) is 36.8 Å². The topological polar surface area (TPSA) is 57.7 Å². The molecule has 1 aromatic heterocycles. The average Bonchev–Trinajstić information content (AvgIpc) is 2.67. The van der Waals surface area contributed by atoms with Gasteiger partial charge in [0, 0.05) is 51.0 Å². The van der Waals surface area contributed by atoms with Crippen molar-refractivity contribution in [3.8, 4) is 0 Å². The molecule has 2 fully saturated rings. The van der Waals surface area contributed by atoms with Crippen LogP contribution in [0.15, 0.2) is 18.3 Å². The number of rotatable bonds is 6. The number of anilines is 1. The zero-order chi connectivity index (χ0) is 18.4. The van der Waals surface area contributed by atoms with Crippen LogP contribution in [0.25, 0.3) is 0 Å². The van der Waals surface area contributed by atoms with Crippen molar-refractivity contribution in [1.29, 1.82) is 0 Å². The van der Waals surface area contributed by atoms with Gasteiger partial charge in [-0.25, -0.2) is 4.98 Å². The molecule has 0 spiro atoms. The molecule has 2 saturated heterocycles. The van der Waals surface area contributed by atoms with Crippen LogP contribution in [0.3, 0.4) is 0 Å². The van der Waals surface area contributed by atoms with Crippen molar-refractivity contribution in [2.45, 2.75) is 26.7 Å². The second-order valence-electron chi connectivity index (χ2n) is 7.82. The van der Waals surface area contributed by atoms with Crippen LogP contribution in [0.2, 0.25) is 0 Å². The van der Waals surface area contributed by atoms with E-state index in [4.69, 9.17) is 4.74 Å². The number of aromatic nitrogens is 1. The number of nitrogens with zero attached hydrogens (tertiary/aromatic N) is 3. The highest BCUT2D eigenvalue weighted by Gasteiger charge is 2.19. The summed E-state index contributed by atoms with van der Waals surface area (Å²) < 4.78 is 5.38. The molecule has 144 valence electrons. The quantitative estimate of drug-likeness (QED) is 0.841. The van der Waals surface area contributed by atoms with Gasteiger partial charge in [0.2, 0.25) is 0 Å². The highest BCUT2D eigenvalue weighted by atomic mass is 16.5. The van der Waals surface area contributed by atoms with E-state index in [2.05, 4.69) is 33.9 Å². The minimum Gasteiger partial charge on any atom is -0.379 e. The Kier molecular flexibility index (Phi) is 6.86. The first-order chi connectivity index (χ1) is 12.6. The van der Waals surface area contributed by atoms with Gasteiger partial charge in [0.1, 0.15) is 5.82 Å². The number of morpholine rings is 1. The fourth-order valence-electron chi connectivity index (χ4n) is 3.79. The van der Waals surface area contributed by atoms with E-state index in [0.29, 0.717) is 23.9 Å². The van der Waals surface area contributed by atoms with E-state index in [1.807, 2.05) is 6.07 Å². The Hall–Kier alpha value is -1.66. The van der Waals surface area contributed by atoms with Crippen LogP contribution in [0.1, 0.15) is 37.0 Å². The van der Waals surface area contributed by atoms with Gasteiger partial charge < -0.3 is 15.0 Å². The molecule has 0 bridgehead atoms. The van der Waals surface area contributed by atoms with Gasteiger partial charge in [-0.3, -0.25) is 9.69 Å². The molecule has 2 aliphatic heterocycles. The third-order valence-electron chi connectivity index (χ3n) is 5.27. The molecular weight excluding hydrogens is 328 g/mol. The number of amides is 1. The maximum absolute atomic E-state index is 12.5. The number of carbonyl (C=O) groups excluding carboxylic acids is 1. The largest absolute Gasteiger partial charge is 0.379 e. The molecule has 2 aliphatic rings. The number of ether oxygens (including phenoxy) is 1. The highest BCUT2D eigenvalue weighted by molar-refractivity contribution is 5.94. The molecule has 1 N–H and O–H groups in total. The fourth-order valence-corrected chi connectivity index (χ4v) is 3.79. The molecule has 3 rings (SSSR count). The molecule has 26 heavy (non-hydrogen) atoms. The molecular formula is C20H32N4O2. The molecule has 0 radical (unpaired) electrons. The van der Waals surface area contributed by atoms with Crippen molar-refractivity contribution in [2.75, 3.05) is 57.4 Å². The molecule has 2 unspecified atom stereocenters. The minimum absolute atomic E-state index is 0.00691. The predicted octanol–water partition coefficient (Wildman–Crippen LogP) is 2.02. The summed E-state index contributed by atoms with van der Waals surface area (Å²) in [6.07, 6.45) is 4.22. The molecule has 0 aromatic carbocycles. The third kappa shape index (κ3) is 5.42. The minimum atomic E-state index is -0.00691. The molecule has 0 saturated carbocycles. The summed E-state index contributed by atoms with van der Waals surface area (Å²) in [5.41, 5.74) is 0.701. The van der Waals surface area contributed by atoms with Crippen LogP contribution in [0.4, 0.5) is 5.82 Å². The van der Waals surface area contributed by atoms with E-state index in [-0.39, 0.29) is 5.91 Å². The van der Waals surface area contributed by atoms with E-state index < -0.39 is 0 Å². The van der Waals surface area contributed by atoms with Crippen LogP contribution >= 0.6 is 0 Å². The second kappa shape index (κ2) is 9.33. The summed E-state index contributed by atoms with van der Waals surface area (Å²) in [6.45, 7) is 11.8. The van der Waals surface area contributed by atoms with E-state index >= 15 is 0 Å². The summed E-state index contributed by atoms with van der Waals surface area (Å²) in [5, 5.41) is 3.08. The molecule has 6 nitrogen and oxygen atoms in total. The standard InChI is InChI=1S/C20H32N4O2/c1-16-4-3-7-24(15-16)19-12-18(5-6-21-19)20(25)22-13-17(2)14-23-8-10-26-11-9-23/h5-6,12,16-17H,3-4,7-11,13-15H2,1-2H3,(H,22,25). The Balaban J connectivity index is 1.50. The number of carbonyl (C=O) groups is 1. The SMILES string of the molecule is CC(CNC(=O)c1ccnc(N2CCCC(C)C2)c1)CN1CCOCC1. The monoisotopic (exact) mass is 360 g/mol. The normalized spacial score (nSPS) is 22.8. The zero-order valence-corrected chi connectivity index (χ0v) is 16.1. The van der Waals surface area contributed by atoms with Crippen molar-refractivity contribution in [3.63, 3.8) is 0 Å². The maximum Gasteiger partial charge on any atom is 0.251 e. The van der Waals surface area contributed by atoms with Crippen molar-refractivity contribution >= 4 is 11.7 Å². The van der Waals surface area contributed by atoms with Gasteiger partial charge in [0.25, 0.3) is 5.91 Å². The van der Waals surface area contributed by atoms with E-state index in [1.54, 1.807) is 12.3 Å². The third-order valence-corrected chi connectivity index (χ3v) is 5.27. The molecule has 1 aromatic rings. The van der Waals surface area contributed by atoms with Crippen LogP contribution in [-0.2, 0) is 4.74 Å². The lowest BCUT2D eigenvalue weighted by Crippen LogP contribution is -2.41. The lowest BCUT2D eigenvalue weighted by atomic mass is 10.0. The van der Waals surface area contributed by atoms with Crippen LogP contribution in [0, 0.1) is 11.8 Å². The summed E-state index contributed by atoms with van der Waals surface area (Å²) in [6, 6.07) is 3.73. The van der Waals surface area contributed by atoms with Crippen molar-refractivity contribution in [2.24, 2.45) is 11.8 Å². The maximum atomic E-state index is 12.5.